The number of piperidine rings is 1. The van der Waals surface area contributed by atoms with Gasteiger partial charge in [-0.15, -0.1) is 0 Å². The molecule has 1 fully saturated rings. The number of carbonyl (C=O) groups is 2. The van der Waals surface area contributed by atoms with Gasteiger partial charge in [-0.3, -0.25) is 0 Å². The number of amides is 1. The molecule has 0 bridgehead atoms. The third-order valence-corrected chi connectivity index (χ3v) is 2.77. The molecule has 4 nitrogen and oxygen atoms in total. The zero-order valence-corrected chi connectivity index (χ0v) is 10.6. The van der Waals surface area contributed by atoms with E-state index in [4.69, 9.17) is 4.74 Å². The van der Waals surface area contributed by atoms with Crippen molar-refractivity contribution in [3.05, 3.63) is 0 Å². The monoisotopic (exact) mass is 245 g/mol. The summed E-state index contributed by atoms with van der Waals surface area (Å²) in [6, 6.07) is 0. The van der Waals surface area contributed by atoms with Gasteiger partial charge in [-0.05, 0) is 33.6 Å². The fraction of sp³-hybridized carbons (Fsp3) is 0.833. The first kappa shape index (κ1) is 13.9. The molecule has 98 valence electrons. The first-order valence-corrected chi connectivity index (χ1v) is 5.91. The fourth-order valence-electron chi connectivity index (χ4n) is 1.84. The zero-order chi connectivity index (χ0) is 13.1. The number of carbonyl (C=O) groups excluding carboxylic acids is 2. The smallest absolute Gasteiger partial charge is 0.410 e. The van der Waals surface area contributed by atoms with E-state index in [-0.39, 0.29) is 12.0 Å². The molecule has 0 unspecified atom stereocenters. The molecule has 0 aromatic carbocycles. The van der Waals surface area contributed by atoms with Gasteiger partial charge in [0.25, 0.3) is 0 Å². The number of alkyl halides is 1. The van der Waals surface area contributed by atoms with Gasteiger partial charge >= 0.3 is 6.09 Å². The summed E-state index contributed by atoms with van der Waals surface area (Å²) in [5, 5.41) is 0. The van der Waals surface area contributed by atoms with Gasteiger partial charge in [0.2, 0.25) is 0 Å². The summed E-state index contributed by atoms with van der Waals surface area (Å²) in [5.41, 5.74) is -0.515. The van der Waals surface area contributed by atoms with E-state index in [1.807, 2.05) is 20.8 Å². The predicted octanol–water partition coefficient (Wildman–Crippen LogP) is 2.17. The van der Waals surface area contributed by atoms with E-state index >= 15 is 0 Å². The van der Waals surface area contributed by atoms with Crippen LogP contribution in [0.15, 0.2) is 0 Å². The molecule has 0 aromatic rings. The molecular weight excluding hydrogens is 225 g/mol. The van der Waals surface area contributed by atoms with Crippen LogP contribution in [0.25, 0.3) is 0 Å². The van der Waals surface area contributed by atoms with Gasteiger partial charge in [0, 0.05) is 19.0 Å². The Morgan fingerprint density at radius 2 is 1.94 bits per heavy atom. The standard InChI is InChI=1S/C12H20FNO3/c1-12(2,3)17-11(16)14-6-4-9(5-7-14)10(13)8-15/h8-10H,4-7H2,1-3H3/t10-/m1/s1. The molecule has 0 aliphatic carbocycles. The van der Waals surface area contributed by atoms with Gasteiger partial charge < -0.3 is 14.4 Å². The van der Waals surface area contributed by atoms with Crippen molar-refractivity contribution in [3.8, 4) is 0 Å². The summed E-state index contributed by atoms with van der Waals surface area (Å²) in [4.78, 5) is 23.6. The molecule has 0 radical (unpaired) electrons. The Balaban J connectivity index is 2.41. The minimum Gasteiger partial charge on any atom is -0.444 e. The summed E-state index contributed by atoms with van der Waals surface area (Å²) in [5.74, 6) is -0.258. The van der Waals surface area contributed by atoms with Crippen molar-refractivity contribution in [2.45, 2.75) is 45.4 Å². The largest absolute Gasteiger partial charge is 0.444 e. The molecule has 0 aromatic heterocycles. The summed E-state index contributed by atoms with van der Waals surface area (Å²) in [7, 11) is 0. The van der Waals surface area contributed by atoms with Crippen molar-refractivity contribution < 1.29 is 18.7 Å². The molecule has 5 heteroatoms. The maximum absolute atomic E-state index is 13.1. The number of ether oxygens (including phenoxy) is 1. The van der Waals surface area contributed by atoms with Crippen molar-refractivity contribution in [1.82, 2.24) is 4.90 Å². The second-order valence-corrected chi connectivity index (χ2v) is 5.39. The molecule has 1 aliphatic heterocycles. The van der Waals surface area contributed by atoms with Crippen molar-refractivity contribution >= 4 is 12.4 Å². The Kier molecular flexibility index (Phi) is 4.48. The molecule has 1 atom stereocenters. The minimum atomic E-state index is -1.41. The molecule has 0 spiro atoms. The van der Waals surface area contributed by atoms with Crippen LogP contribution < -0.4 is 0 Å². The third-order valence-electron chi connectivity index (χ3n) is 2.77. The predicted molar refractivity (Wildman–Crippen MR) is 61.5 cm³/mol. The highest BCUT2D eigenvalue weighted by molar-refractivity contribution is 5.68. The highest BCUT2D eigenvalue weighted by atomic mass is 19.1. The van der Waals surface area contributed by atoms with Crippen LogP contribution in [0.4, 0.5) is 9.18 Å². The highest BCUT2D eigenvalue weighted by Gasteiger charge is 2.30. The van der Waals surface area contributed by atoms with Crippen LogP contribution in [-0.2, 0) is 9.53 Å². The van der Waals surface area contributed by atoms with Crippen LogP contribution in [0.2, 0.25) is 0 Å². The Labute approximate surface area is 101 Å². The lowest BCUT2D eigenvalue weighted by molar-refractivity contribution is -0.114. The molecule has 1 heterocycles. The molecule has 17 heavy (non-hydrogen) atoms. The normalized spacial score (nSPS) is 19.9. The zero-order valence-electron chi connectivity index (χ0n) is 10.6. The summed E-state index contributed by atoms with van der Waals surface area (Å²) in [6.07, 6.45) is -0.403. The Morgan fingerprint density at radius 3 is 2.35 bits per heavy atom. The third kappa shape index (κ3) is 4.32. The minimum absolute atomic E-state index is 0.258. The van der Waals surface area contributed by atoms with Gasteiger partial charge in [-0.1, -0.05) is 0 Å². The Morgan fingerprint density at radius 1 is 1.41 bits per heavy atom. The number of nitrogens with zero attached hydrogens (tertiary/aromatic N) is 1. The van der Waals surface area contributed by atoms with E-state index in [1.165, 1.54) is 0 Å². The van der Waals surface area contributed by atoms with Crippen molar-refractivity contribution in [2.75, 3.05) is 13.1 Å². The molecule has 1 amide bonds. The van der Waals surface area contributed by atoms with E-state index in [9.17, 15) is 14.0 Å². The van der Waals surface area contributed by atoms with Crippen LogP contribution in [0.5, 0.6) is 0 Å². The Bertz CT molecular complexity index is 280. The second-order valence-electron chi connectivity index (χ2n) is 5.39. The average Bonchev–Trinajstić information content (AvgIpc) is 2.26. The SMILES string of the molecule is CC(C)(C)OC(=O)N1CCC([C@H](F)C=O)CC1. The Hall–Kier alpha value is -1.13. The van der Waals surface area contributed by atoms with Gasteiger partial charge in [-0.25, -0.2) is 9.18 Å². The number of likely N-dealkylation sites (tertiary alicyclic amines) is 1. The van der Waals surface area contributed by atoms with Gasteiger partial charge in [0.05, 0.1) is 0 Å². The van der Waals surface area contributed by atoms with Crippen molar-refractivity contribution in [3.63, 3.8) is 0 Å². The first-order valence-electron chi connectivity index (χ1n) is 5.91. The van der Waals surface area contributed by atoms with Crippen LogP contribution in [0, 0.1) is 5.92 Å². The maximum Gasteiger partial charge on any atom is 0.410 e. The highest BCUT2D eigenvalue weighted by Crippen LogP contribution is 2.23. The van der Waals surface area contributed by atoms with Crippen LogP contribution >= 0.6 is 0 Å². The van der Waals surface area contributed by atoms with E-state index in [2.05, 4.69) is 0 Å². The van der Waals surface area contributed by atoms with Crippen LogP contribution in [0.3, 0.4) is 0 Å². The number of rotatable bonds is 2. The van der Waals surface area contributed by atoms with Crippen LogP contribution in [0.1, 0.15) is 33.6 Å². The van der Waals surface area contributed by atoms with E-state index in [1.54, 1.807) is 4.90 Å². The lowest BCUT2D eigenvalue weighted by Gasteiger charge is -2.33. The lowest BCUT2D eigenvalue weighted by Crippen LogP contribution is -2.43. The number of hydrogen-bond donors (Lipinski definition) is 0. The van der Waals surface area contributed by atoms with E-state index in [0.717, 1.165) is 0 Å². The summed E-state index contributed by atoms with van der Waals surface area (Å²) < 4.78 is 18.3. The maximum atomic E-state index is 13.1. The number of halogens is 1. The topological polar surface area (TPSA) is 46.6 Å². The number of aldehydes is 1. The van der Waals surface area contributed by atoms with Crippen molar-refractivity contribution in [1.29, 1.82) is 0 Å². The van der Waals surface area contributed by atoms with Gasteiger partial charge in [0.15, 0.2) is 12.5 Å². The fourth-order valence-corrected chi connectivity index (χ4v) is 1.84. The van der Waals surface area contributed by atoms with Gasteiger partial charge in [0.1, 0.15) is 5.60 Å². The molecule has 1 saturated heterocycles. The van der Waals surface area contributed by atoms with Crippen molar-refractivity contribution in [2.24, 2.45) is 5.92 Å². The van der Waals surface area contributed by atoms with Crippen LogP contribution in [-0.4, -0.2) is 42.1 Å². The summed E-state index contributed by atoms with van der Waals surface area (Å²) >= 11 is 0. The quantitative estimate of drug-likeness (QED) is 0.700. The number of hydrogen-bond acceptors (Lipinski definition) is 3. The molecule has 0 N–H and O–H groups in total. The molecular formula is C12H20FNO3. The average molecular weight is 245 g/mol. The summed E-state index contributed by atoms with van der Waals surface area (Å²) in [6.45, 7) is 6.33. The lowest BCUT2D eigenvalue weighted by atomic mass is 9.93. The molecule has 1 rings (SSSR count). The van der Waals surface area contributed by atoms with E-state index < -0.39 is 11.8 Å². The molecule has 1 aliphatic rings. The first-order chi connectivity index (χ1) is 7.83. The van der Waals surface area contributed by atoms with Gasteiger partial charge in [-0.2, -0.15) is 0 Å². The molecule has 0 saturated carbocycles. The van der Waals surface area contributed by atoms with E-state index in [0.29, 0.717) is 32.2 Å². The second kappa shape index (κ2) is 5.47.